The Labute approximate surface area is 143 Å². The molecule has 0 radical (unpaired) electrons. The van der Waals surface area contributed by atoms with Crippen molar-refractivity contribution in [3.63, 3.8) is 0 Å². The molecule has 2 aromatic carbocycles. The molecule has 2 aromatic rings. The van der Waals surface area contributed by atoms with Crippen LogP contribution in [-0.2, 0) is 14.8 Å². The quantitative estimate of drug-likeness (QED) is 0.874. The van der Waals surface area contributed by atoms with Crippen molar-refractivity contribution < 1.29 is 13.2 Å². The fourth-order valence-corrected chi connectivity index (χ4v) is 3.50. The number of sulfonamides is 1. The molecule has 0 fully saturated rings. The fraction of sp³-hybridized carbons (Fsp3) is 0.278. The highest BCUT2D eigenvalue weighted by Gasteiger charge is 2.16. The van der Waals surface area contributed by atoms with Crippen LogP contribution in [0.1, 0.15) is 22.3 Å². The zero-order chi connectivity index (χ0) is 17.9. The summed E-state index contributed by atoms with van der Waals surface area (Å²) in [7, 11) is -3.70. The molecule has 0 aliphatic carbocycles. The van der Waals surface area contributed by atoms with Gasteiger partial charge in [-0.15, -0.1) is 0 Å². The highest BCUT2D eigenvalue weighted by molar-refractivity contribution is 7.89. The zero-order valence-corrected chi connectivity index (χ0v) is 15.1. The molecule has 0 aliphatic heterocycles. The van der Waals surface area contributed by atoms with Gasteiger partial charge in [-0.1, -0.05) is 35.4 Å². The van der Waals surface area contributed by atoms with E-state index in [0.717, 1.165) is 27.9 Å². The van der Waals surface area contributed by atoms with E-state index in [4.69, 9.17) is 0 Å². The van der Waals surface area contributed by atoms with Gasteiger partial charge in [-0.25, -0.2) is 13.1 Å². The van der Waals surface area contributed by atoms with Crippen LogP contribution in [-0.4, -0.2) is 20.9 Å². The van der Waals surface area contributed by atoms with Gasteiger partial charge in [-0.05, 0) is 51.0 Å². The number of benzene rings is 2. The molecule has 0 spiro atoms. The van der Waals surface area contributed by atoms with Crippen molar-refractivity contribution in [3.05, 3.63) is 58.7 Å². The van der Waals surface area contributed by atoms with Gasteiger partial charge in [0.05, 0.1) is 11.4 Å². The minimum atomic E-state index is -3.70. The predicted molar refractivity (Wildman–Crippen MR) is 95.7 cm³/mol. The average molecular weight is 346 g/mol. The zero-order valence-electron chi connectivity index (χ0n) is 14.3. The molecule has 2 N–H and O–H groups in total. The molecule has 0 unspecified atom stereocenters. The molecule has 0 heterocycles. The van der Waals surface area contributed by atoms with Gasteiger partial charge in [-0.2, -0.15) is 0 Å². The maximum absolute atomic E-state index is 12.2. The molecule has 0 saturated carbocycles. The van der Waals surface area contributed by atoms with E-state index in [1.165, 1.54) is 12.1 Å². The van der Waals surface area contributed by atoms with E-state index in [9.17, 15) is 13.2 Å². The van der Waals surface area contributed by atoms with Crippen LogP contribution in [0.15, 0.2) is 41.3 Å². The number of hydrogen-bond acceptors (Lipinski definition) is 3. The molecule has 0 aromatic heterocycles. The number of carbonyl (C=O) groups is 1. The maximum atomic E-state index is 12.2. The third-order valence-electron chi connectivity index (χ3n) is 3.70. The Morgan fingerprint density at radius 1 is 0.917 bits per heavy atom. The van der Waals surface area contributed by atoms with Crippen molar-refractivity contribution in [2.75, 3.05) is 11.9 Å². The Kier molecular flexibility index (Phi) is 5.41. The summed E-state index contributed by atoms with van der Waals surface area (Å²) in [6.07, 6.45) is 0. The summed E-state index contributed by atoms with van der Waals surface area (Å²) in [5.74, 6) is -0.402. The summed E-state index contributed by atoms with van der Waals surface area (Å²) in [6, 6.07) is 10.4. The highest BCUT2D eigenvalue weighted by atomic mass is 32.2. The first-order valence-corrected chi connectivity index (χ1v) is 9.11. The minimum Gasteiger partial charge on any atom is -0.324 e. The number of hydrogen-bond donors (Lipinski definition) is 2. The lowest BCUT2D eigenvalue weighted by atomic mass is 10.1. The van der Waals surface area contributed by atoms with Crippen molar-refractivity contribution in [1.82, 2.24) is 4.72 Å². The molecule has 0 bridgehead atoms. The molecular formula is C18H22N2O3S. The van der Waals surface area contributed by atoms with Crippen LogP contribution < -0.4 is 10.0 Å². The van der Waals surface area contributed by atoms with Crippen molar-refractivity contribution in [3.8, 4) is 0 Å². The van der Waals surface area contributed by atoms with Crippen LogP contribution >= 0.6 is 0 Å². The van der Waals surface area contributed by atoms with E-state index in [0.29, 0.717) is 0 Å². The van der Waals surface area contributed by atoms with Crippen LogP contribution in [0.25, 0.3) is 0 Å². The summed E-state index contributed by atoms with van der Waals surface area (Å²) in [5, 5.41) is 2.77. The lowest BCUT2D eigenvalue weighted by molar-refractivity contribution is -0.115. The molecule has 128 valence electrons. The molecule has 5 nitrogen and oxygen atoms in total. The summed E-state index contributed by atoms with van der Waals surface area (Å²) in [6.45, 7) is 7.37. The molecular weight excluding hydrogens is 324 g/mol. The normalized spacial score (nSPS) is 11.3. The van der Waals surface area contributed by atoms with E-state index < -0.39 is 15.9 Å². The summed E-state index contributed by atoms with van der Waals surface area (Å²) < 4.78 is 26.7. The largest absolute Gasteiger partial charge is 0.324 e. The van der Waals surface area contributed by atoms with Crippen LogP contribution in [0, 0.1) is 27.7 Å². The van der Waals surface area contributed by atoms with Crippen LogP contribution in [0.5, 0.6) is 0 Å². The number of carbonyl (C=O) groups excluding carboxylic acids is 1. The van der Waals surface area contributed by atoms with E-state index in [1.807, 2.05) is 39.8 Å². The molecule has 0 saturated heterocycles. The third kappa shape index (κ3) is 4.43. The van der Waals surface area contributed by atoms with Crippen LogP contribution in [0.3, 0.4) is 0 Å². The van der Waals surface area contributed by atoms with Gasteiger partial charge in [0, 0.05) is 5.69 Å². The summed E-state index contributed by atoms with van der Waals surface area (Å²) in [4.78, 5) is 12.2. The van der Waals surface area contributed by atoms with Crippen molar-refractivity contribution >= 4 is 21.6 Å². The second-order valence-electron chi connectivity index (χ2n) is 5.96. The van der Waals surface area contributed by atoms with Gasteiger partial charge in [0.1, 0.15) is 0 Å². The fourth-order valence-electron chi connectivity index (χ4n) is 2.52. The minimum absolute atomic E-state index is 0.142. The number of anilines is 1. The molecule has 0 atom stereocenters. The van der Waals surface area contributed by atoms with Crippen molar-refractivity contribution in [2.24, 2.45) is 0 Å². The molecule has 2 rings (SSSR count). The Balaban J connectivity index is 2.04. The monoisotopic (exact) mass is 346 g/mol. The summed E-state index contributed by atoms with van der Waals surface area (Å²) >= 11 is 0. The van der Waals surface area contributed by atoms with E-state index in [1.54, 1.807) is 12.1 Å². The van der Waals surface area contributed by atoms with Gasteiger partial charge in [0.2, 0.25) is 15.9 Å². The van der Waals surface area contributed by atoms with E-state index >= 15 is 0 Å². The van der Waals surface area contributed by atoms with E-state index in [-0.39, 0.29) is 11.4 Å². The lowest BCUT2D eigenvalue weighted by Crippen LogP contribution is -2.33. The Morgan fingerprint density at radius 2 is 1.46 bits per heavy atom. The Morgan fingerprint density at radius 3 is 2.00 bits per heavy atom. The van der Waals surface area contributed by atoms with Gasteiger partial charge in [0.25, 0.3) is 0 Å². The van der Waals surface area contributed by atoms with Crippen molar-refractivity contribution in [1.29, 1.82) is 0 Å². The standard InChI is InChI=1S/C18H22N2O3S/c1-12-5-7-16(8-6-12)24(22,23)19-11-17(21)20-18-14(3)9-13(2)10-15(18)4/h5-10,19H,11H2,1-4H3,(H,20,21). The molecule has 24 heavy (non-hydrogen) atoms. The second kappa shape index (κ2) is 7.15. The molecule has 0 aliphatic rings. The smallest absolute Gasteiger partial charge is 0.241 e. The maximum Gasteiger partial charge on any atom is 0.241 e. The molecule has 1 amide bonds. The second-order valence-corrected chi connectivity index (χ2v) is 7.73. The van der Waals surface area contributed by atoms with Gasteiger partial charge in [0.15, 0.2) is 0 Å². The van der Waals surface area contributed by atoms with Gasteiger partial charge < -0.3 is 5.32 Å². The lowest BCUT2D eigenvalue weighted by Gasteiger charge is -2.13. The van der Waals surface area contributed by atoms with E-state index in [2.05, 4.69) is 10.0 Å². The first-order valence-electron chi connectivity index (χ1n) is 7.63. The Bertz CT molecular complexity index is 833. The first kappa shape index (κ1) is 18.2. The SMILES string of the molecule is Cc1ccc(S(=O)(=O)NCC(=O)Nc2c(C)cc(C)cc2C)cc1. The van der Waals surface area contributed by atoms with Crippen LogP contribution in [0.4, 0.5) is 5.69 Å². The number of aryl methyl sites for hydroxylation is 4. The number of rotatable bonds is 5. The topological polar surface area (TPSA) is 75.3 Å². The van der Waals surface area contributed by atoms with Gasteiger partial charge in [-0.3, -0.25) is 4.79 Å². The third-order valence-corrected chi connectivity index (χ3v) is 5.11. The van der Waals surface area contributed by atoms with Crippen molar-refractivity contribution in [2.45, 2.75) is 32.6 Å². The first-order chi connectivity index (χ1) is 11.2. The average Bonchev–Trinajstić information content (AvgIpc) is 2.49. The number of amides is 1. The number of nitrogens with one attached hydrogen (secondary N) is 2. The summed E-state index contributed by atoms with van der Waals surface area (Å²) in [5.41, 5.74) is 4.70. The Hall–Kier alpha value is -2.18. The molecule has 6 heteroatoms. The van der Waals surface area contributed by atoms with Gasteiger partial charge >= 0.3 is 0 Å². The highest BCUT2D eigenvalue weighted by Crippen LogP contribution is 2.21. The van der Waals surface area contributed by atoms with Crippen LogP contribution in [0.2, 0.25) is 0 Å². The predicted octanol–water partition coefficient (Wildman–Crippen LogP) is 2.84.